The number of carbonyl (C=O) groups excluding carboxylic acids is 1. The maximum absolute atomic E-state index is 12.5. The minimum atomic E-state index is -0.786. The van der Waals surface area contributed by atoms with E-state index in [1.165, 1.54) is 0 Å². The first-order chi connectivity index (χ1) is 10.4. The number of nitrogens with zero attached hydrogens (tertiary/aromatic N) is 4. The molecule has 1 aliphatic rings. The molecule has 0 bridgehead atoms. The summed E-state index contributed by atoms with van der Waals surface area (Å²) < 4.78 is 1.69. The van der Waals surface area contributed by atoms with Gasteiger partial charge in [-0.1, -0.05) is 0 Å². The molecule has 1 aliphatic carbocycles. The molecule has 2 aromatic rings. The Hall–Kier alpha value is -2.44. The monoisotopic (exact) mass is 302 g/mol. The molecule has 0 radical (unpaired) electrons. The number of amides is 1. The van der Waals surface area contributed by atoms with Crippen LogP contribution in [0.4, 0.5) is 0 Å². The molecule has 116 valence electrons. The van der Waals surface area contributed by atoms with E-state index in [4.69, 9.17) is 5.11 Å². The Morgan fingerprint density at radius 2 is 2.09 bits per heavy atom. The highest BCUT2D eigenvalue weighted by molar-refractivity contribution is 5.97. The van der Waals surface area contributed by atoms with E-state index in [0.717, 1.165) is 16.7 Å². The fourth-order valence-corrected chi connectivity index (χ4v) is 2.90. The van der Waals surface area contributed by atoms with Crippen LogP contribution in [0.2, 0.25) is 0 Å². The number of fused-ring (bicyclic) bond motifs is 1. The van der Waals surface area contributed by atoms with Crippen LogP contribution in [0, 0.1) is 12.8 Å². The average Bonchev–Trinajstić information content (AvgIpc) is 2.70. The Morgan fingerprint density at radius 1 is 1.41 bits per heavy atom. The van der Waals surface area contributed by atoms with Crippen LogP contribution in [0.5, 0.6) is 0 Å². The fraction of sp³-hybridized carbons (Fsp3) is 0.467. The van der Waals surface area contributed by atoms with Crippen LogP contribution in [-0.4, -0.2) is 49.7 Å². The lowest BCUT2D eigenvalue weighted by molar-refractivity contribution is -0.146. The molecule has 7 nitrogen and oxygen atoms in total. The summed E-state index contributed by atoms with van der Waals surface area (Å²) >= 11 is 0. The molecular formula is C15H18N4O3. The number of aliphatic carboxylic acids is 1. The highest BCUT2D eigenvalue weighted by Crippen LogP contribution is 2.32. The fourth-order valence-electron chi connectivity index (χ4n) is 2.90. The lowest BCUT2D eigenvalue weighted by Crippen LogP contribution is -2.47. The second-order valence-corrected chi connectivity index (χ2v) is 5.88. The molecule has 0 spiro atoms. The van der Waals surface area contributed by atoms with E-state index >= 15 is 0 Å². The van der Waals surface area contributed by atoms with Gasteiger partial charge in [-0.3, -0.25) is 14.3 Å². The first kappa shape index (κ1) is 14.5. The lowest BCUT2D eigenvalue weighted by atomic mass is 9.79. The van der Waals surface area contributed by atoms with Gasteiger partial charge >= 0.3 is 5.97 Å². The molecule has 0 aromatic carbocycles. The average molecular weight is 302 g/mol. The standard InChI is InChI=1S/C15H18N4O3/c1-8-12-6-10(7-16-13(12)19(3)17-8)14(20)18(2)11-4-9(5-11)15(21)22/h6-7,9,11H,4-5H2,1-3H3,(H,21,22). The van der Waals surface area contributed by atoms with Gasteiger partial charge in [0.2, 0.25) is 0 Å². The quantitative estimate of drug-likeness (QED) is 0.920. The topological polar surface area (TPSA) is 88.3 Å². The highest BCUT2D eigenvalue weighted by atomic mass is 16.4. The Bertz CT molecular complexity index is 761. The molecule has 1 saturated carbocycles. The van der Waals surface area contributed by atoms with Crippen molar-refractivity contribution in [3.63, 3.8) is 0 Å². The van der Waals surface area contributed by atoms with Gasteiger partial charge in [0, 0.05) is 31.7 Å². The van der Waals surface area contributed by atoms with Gasteiger partial charge in [-0.15, -0.1) is 0 Å². The lowest BCUT2D eigenvalue weighted by Gasteiger charge is -2.39. The van der Waals surface area contributed by atoms with Crippen LogP contribution in [0.15, 0.2) is 12.3 Å². The summed E-state index contributed by atoms with van der Waals surface area (Å²) in [5.74, 6) is -1.25. The van der Waals surface area contributed by atoms with Crippen LogP contribution < -0.4 is 0 Å². The van der Waals surface area contributed by atoms with E-state index in [9.17, 15) is 9.59 Å². The first-order valence-corrected chi connectivity index (χ1v) is 7.17. The number of carboxylic acid groups (broad SMARTS) is 1. The van der Waals surface area contributed by atoms with Crippen LogP contribution >= 0.6 is 0 Å². The van der Waals surface area contributed by atoms with E-state index in [-0.39, 0.29) is 17.9 Å². The minimum absolute atomic E-state index is 0.0145. The molecular weight excluding hydrogens is 284 g/mol. The zero-order valence-electron chi connectivity index (χ0n) is 12.8. The number of hydrogen-bond donors (Lipinski definition) is 1. The van der Waals surface area contributed by atoms with Gasteiger partial charge in [0.25, 0.3) is 5.91 Å². The highest BCUT2D eigenvalue weighted by Gasteiger charge is 2.38. The van der Waals surface area contributed by atoms with Crippen molar-refractivity contribution in [2.75, 3.05) is 7.05 Å². The summed E-state index contributed by atoms with van der Waals surface area (Å²) in [6.45, 7) is 1.88. The molecule has 0 atom stereocenters. The van der Waals surface area contributed by atoms with E-state index in [2.05, 4.69) is 10.1 Å². The third kappa shape index (κ3) is 2.22. The molecule has 22 heavy (non-hydrogen) atoms. The zero-order chi connectivity index (χ0) is 16.0. The zero-order valence-corrected chi connectivity index (χ0v) is 12.8. The Kier molecular flexibility index (Phi) is 3.35. The van der Waals surface area contributed by atoms with Crippen molar-refractivity contribution in [1.82, 2.24) is 19.7 Å². The van der Waals surface area contributed by atoms with Crippen molar-refractivity contribution in [1.29, 1.82) is 0 Å². The van der Waals surface area contributed by atoms with Crippen molar-refractivity contribution >= 4 is 22.9 Å². The predicted molar refractivity (Wildman–Crippen MR) is 79.5 cm³/mol. The predicted octanol–water partition coefficient (Wildman–Crippen LogP) is 1.21. The number of aryl methyl sites for hydroxylation is 2. The van der Waals surface area contributed by atoms with Crippen molar-refractivity contribution in [2.45, 2.75) is 25.8 Å². The molecule has 0 saturated heterocycles. The third-order valence-corrected chi connectivity index (χ3v) is 4.44. The Labute approximate surface area is 127 Å². The minimum Gasteiger partial charge on any atom is -0.481 e. The Balaban J connectivity index is 1.80. The summed E-state index contributed by atoms with van der Waals surface area (Å²) in [5, 5.41) is 14.1. The summed E-state index contributed by atoms with van der Waals surface area (Å²) in [6.07, 6.45) is 2.58. The second-order valence-electron chi connectivity index (χ2n) is 5.88. The van der Waals surface area contributed by atoms with Crippen molar-refractivity contribution in [2.24, 2.45) is 13.0 Å². The number of hydrogen-bond acceptors (Lipinski definition) is 4. The number of aromatic nitrogens is 3. The van der Waals surface area contributed by atoms with E-state index < -0.39 is 5.97 Å². The first-order valence-electron chi connectivity index (χ1n) is 7.17. The van der Waals surface area contributed by atoms with Gasteiger partial charge in [-0.25, -0.2) is 4.98 Å². The molecule has 1 fully saturated rings. The number of rotatable bonds is 3. The van der Waals surface area contributed by atoms with Gasteiger partial charge in [0.1, 0.15) is 0 Å². The summed E-state index contributed by atoms with van der Waals surface area (Å²) in [7, 11) is 3.53. The SMILES string of the molecule is Cc1nn(C)c2ncc(C(=O)N(C)C3CC(C(=O)O)C3)cc12. The molecule has 0 unspecified atom stereocenters. The van der Waals surface area contributed by atoms with Crippen LogP contribution in [0.1, 0.15) is 28.9 Å². The molecule has 1 N–H and O–H groups in total. The molecule has 3 rings (SSSR count). The van der Waals surface area contributed by atoms with E-state index in [1.807, 2.05) is 14.0 Å². The number of carboxylic acids is 1. The summed E-state index contributed by atoms with van der Waals surface area (Å²) in [5.41, 5.74) is 2.08. The smallest absolute Gasteiger partial charge is 0.306 e. The van der Waals surface area contributed by atoms with Crippen molar-refractivity contribution in [3.8, 4) is 0 Å². The molecule has 0 aliphatic heterocycles. The van der Waals surface area contributed by atoms with Crippen molar-refractivity contribution < 1.29 is 14.7 Å². The number of pyridine rings is 1. The van der Waals surface area contributed by atoms with Crippen LogP contribution in [0.25, 0.3) is 11.0 Å². The van der Waals surface area contributed by atoms with E-state index in [0.29, 0.717) is 18.4 Å². The maximum atomic E-state index is 12.5. The molecule has 7 heteroatoms. The molecule has 1 amide bonds. The van der Waals surface area contributed by atoms with Gasteiger partial charge in [0.15, 0.2) is 5.65 Å². The van der Waals surface area contributed by atoms with Gasteiger partial charge in [-0.05, 0) is 25.8 Å². The molecule has 2 heterocycles. The maximum Gasteiger partial charge on any atom is 0.306 e. The van der Waals surface area contributed by atoms with Crippen molar-refractivity contribution in [3.05, 3.63) is 23.5 Å². The summed E-state index contributed by atoms with van der Waals surface area (Å²) in [6, 6.07) is 1.79. The normalized spacial score (nSPS) is 20.7. The number of carbonyl (C=O) groups is 2. The molecule has 2 aromatic heterocycles. The van der Waals surface area contributed by atoms with Crippen LogP contribution in [0.3, 0.4) is 0 Å². The largest absolute Gasteiger partial charge is 0.481 e. The van der Waals surface area contributed by atoms with Gasteiger partial charge < -0.3 is 10.0 Å². The second kappa shape index (κ2) is 5.08. The van der Waals surface area contributed by atoms with Crippen LogP contribution in [-0.2, 0) is 11.8 Å². The summed E-state index contributed by atoms with van der Waals surface area (Å²) in [4.78, 5) is 29.3. The Morgan fingerprint density at radius 3 is 2.73 bits per heavy atom. The van der Waals surface area contributed by atoms with Gasteiger partial charge in [0.05, 0.1) is 17.2 Å². The van der Waals surface area contributed by atoms with Gasteiger partial charge in [-0.2, -0.15) is 5.10 Å². The van der Waals surface area contributed by atoms with E-state index in [1.54, 1.807) is 28.9 Å². The third-order valence-electron chi connectivity index (χ3n) is 4.44.